The Bertz CT molecular complexity index is 312. The maximum Gasteiger partial charge on any atom is 0.191 e. The molecule has 0 bridgehead atoms. The van der Waals surface area contributed by atoms with Crippen LogP contribution < -0.4 is 0 Å². The summed E-state index contributed by atoms with van der Waals surface area (Å²) in [5.74, 6) is -0.236. The van der Waals surface area contributed by atoms with Crippen LogP contribution in [-0.4, -0.2) is 16.5 Å². The largest absolute Gasteiger partial charge is 0.377 e. The van der Waals surface area contributed by atoms with Gasteiger partial charge in [-0.15, -0.1) is 0 Å². The van der Waals surface area contributed by atoms with Crippen molar-refractivity contribution in [2.24, 2.45) is 5.41 Å². The summed E-state index contributed by atoms with van der Waals surface area (Å²) >= 11 is 0. The number of carbonyl (C=O) groups is 1. The molecule has 1 atom stereocenters. The van der Waals surface area contributed by atoms with E-state index in [1.165, 1.54) is 6.08 Å². The third-order valence-electron chi connectivity index (χ3n) is 3.45. The molecular weight excluding hydrogens is 188 g/mol. The van der Waals surface area contributed by atoms with Crippen molar-refractivity contribution in [3.8, 4) is 0 Å². The van der Waals surface area contributed by atoms with Crippen molar-refractivity contribution in [2.75, 3.05) is 0 Å². The number of aliphatic hydroxyl groups is 1. The highest BCUT2D eigenvalue weighted by Gasteiger charge is 2.51. The molecule has 84 valence electrons. The number of allylic oxidation sites excluding steroid dienone is 1. The van der Waals surface area contributed by atoms with E-state index in [1.54, 1.807) is 13.0 Å². The third kappa shape index (κ3) is 1.78. The van der Waals surface area contributed by atoms with Crippen LogP contribution in [0.1, 0.15) is 40.0 Å². The van der Waals surface area contributed by atoms with Crippen LogP contribution in [0.25, 0.3) is 0 Å². The van der Waals surface area contributed by atoms with Gasteiger partial charge in [-0.3, -0.25) is 4.79 Å². The maximum atomic E-state index is 11.9. The van der Waals surface area contributed by atoms with E-state index < -0.39 is 11.0 Å². The first-order chi connectivity index (χ1) is 6.86. The molecule has 0 spiro atoms. The molecule has 1 unspecified atom stereocenters. The van der Waals surface area contributed by atoms with Crippen molar-refractivity contribution in [3.05, 3.63) is 24.3 Å². The lowest BCUT2D eigenvalue weighted by Crippen LogP contribution is -2.54. The van der Waals surface area contributed by atoms with Crippen LogP contribution in [0.3, 0.4) is 0 Å². The molecular formula is C13H20O2. The van der Waals surface area contributed by atoms with Crippen LogP contribution in [0.15, 0.2) is 24.3 Å². The second-order valence-corrected chi connectivity index (χ2v) is 4.92. The molecule has 15 heavy (non-hydrogen) atoms. The molecule has 1 aliphatic rings. The number of ketones is 1. The van der Waals surface area contributed by atoms with Gasteiger partial charge in [0.25, 0.3) is 0 Å². The van der Waals surface area contributed by atoms with Crippen LogP contribution in [0.5, 0.6) is 0 Å². The molecule has 1 saturated carbocycles. The third-order valence-corrected chi connectivity index (χ3v) is 3.45. The molecule has 2 heteroatoms. The van der Waals surface area contributed by atoms with Gasteiger partial charge in [-0.05, 0) is 37.8 Å². The smallest absolute Gasteiger partial charge is 0.191 e. The Morgan fingerprint density at radius 2 is 2.13 bits per heavy atom. The van der Waals surface area contributed by atoms with Crippen molar-refractivity contribution in [1.82, 2.24) is 0 Å². The summed E-state index contributed by atoms with van der Waals surface area (Å²) in [4.78, 5) is 11.9. The highest BCUT2D eigenvalue weighted by Crippen LogP contribution is 2.46. The Labute approximate surface area is 91.7 Å². The van der Waals surface area contributed by atoms with Gasteiger partial charge in [0, 0.05) is 5.41 Å². The quantitative estimate of drug-likeness (QED) is 0.559. The second-order valence-electron chi connectivity index (χ2n) is 4.92. The lowest BCUT2D eigenvalue weighted by atomic mass is 9.61. The number of hydrogen-bond acceptors (Lipinski definition) is 2. The Balaban J connectivity index is 3.14. The number of rotatable bonds is 2. The lowest BCUT2D eigenvalue weighted by Gasteiger charge is -2.46. The molecule has 1 aliphatic carbocycles. The predicted octanol–water partition coefficient (Wildman–Crippen LogP) is 2.63. The van der Waals surface area contributed by atoms with Crippen LogP contribution in [0.2, 0.25) is 0 Å². The Kier molecular flexibility index (Phi) is 3.19. The minimum Gasteiger partial charge on any atom is -0.377 e. The van der Waals surface area contributed by atoms with E-state index >= 15 is 0 Å². The van der Waals surface area contributed by atoms with Gasteiger partial charge in [0.1, 0.15) is 0 Å². The predicted molar refractivity (Wildman–Crippen MR) is 61.5 cm³/mol. The van der Waals surface area contributed by atoms with Crippen LogP contribution in [0, 0.1) is 5.41 Å². The van der Waals surface area contributed by atoms with Gasteiger partial charge in [-0.25, -0.2) is 0 Å². The zero-order valence-corrected chi connectivity index (χ0v) is 9.84. The molecule has 0 aromatic heterocycles. The fraction of sp³-hybridized carbons (Fsp3) is 0.615. The zero-order chi connectivity index (χ0) is 11.7. The SMILES string of the molecule is C=C1CCCC(C)(C)C1(O)C(=O)/C=C/C. The molecule has 0 aromatic carbocycles. The molecule has 0 amide bonds. The van der Waals surface area contributed by atoms with E-state index in [0.717, 1.165) is 19.3 Å². The average Bonchev–Trinajstić information content (AvgIpc) is 2.14. The summed E-state index contributed by atoms with van der Waals surface area (Å²) in [5, 5.41) is 10.6. The number of carbonyl (C=O) groups excluding carboxylic acids is 1. The van der Waals surface area contributed by atoms with Gasteiger partial charge in [0.2, 0.25) is 0 Å². The number of hydrogen-bond donors (Lipinski definition) is 1. The van der Waals surface area contributed by atoms with E-state index in [0.29, 0.717) is 5.57 Å². The first kappa shape index (κ1) is 12.2. The van der Waals surface area contributed by atoms with Gasteiger partial charge >= 0.3 is 0 Å². The van der Waals surface area contributed by atoms with Gasteiger partial charge in [0.05, 0.1) is 0 Å². The summed E-state index contributed by atoms with van der Waals surface area (Å²) in [5.41, 5.74) is -1.14. The first-order valence-corrected chi connectivity index (χ1v) is 5.44. The highest BCUT2D eigenvalue weighted by atomic mass is 16.3. The highest BCUT2D eigenvalue weighted by molar-refractivity contribution is 6.00. The van der Waals surface area contributed by atoms with E-state index in [9.17, 15) is 9.90 Å². The van der Waals surface area contributed by atoms with Crippen molar-refractivity contribution in [2.45, 2.75) is 45.6 Å². The molecule has 0 radical (unpaired) electrons. The monoisotopic (exact) mass is 208 g/mol. The van der Waals surface area contributed by atoms with Crippen LogP contribution in [-0.2, 0) is 4.79 Å². The van der Waals surface area contributed by atoms with Crippen LogP contribution >= 0.6 is 0 Å². The molecule has 1 fully saturated rings. The van der Waals surface area contributed by atoms with E-state index in [1.807, 2.05) is 13.8 Å². The maximum absolute atomic E-state index is 11.9. The Morgan fingerprint density at radius 1 is 1.53 bits per heavy atom. The standard InChI is InChI=1S/C13H20O2/c1-5-7-11(14)13(15)10(2)8-6-9-12(13,3)4/h5,7,15H,2,6,8-9H2,1,3-4H3/b7-5+. The first-order valence-electron chi connectivity index (χ1n) is 5.44. The molecule has 0 saturated heterocycles. The van der Waals surface area contributed by atoms with Gasteiger partial charge in [-0.1, -0.05) is 26.5 Å². The zero-order valence-electron chi connectivity index (χ0n) is 9.84. The van der Waals surface area contributed by atoms with Gasteiger partial charge < -0.3 is 5.11 Å². The lowest BCUT2D eigenvalue weighted by molar-refractivity contribution is -0.142. The van der Waals surface area contributed by atoms with Crippen molar-refractivity contribution in [1.29, 1.82) is 0 Å². The normalized spacial score (nSPS) is 30.8. The Morgan fingerprint density at radius 3 is 2.60 bits per heavy atom. The Hall–Kier alpha value is -0.890. The fourth-order valence-electron chi connectivity index (χ4n) is 2.36. The second kappa shape index (κ2) is 3.93. The van der Waals surface area contributed by atoms with E-state index in [4.69, 9.17) is 0 Å². The van der Waals surface area contributed by atoms with Crippen LogP contribution in [0.4, 0.5) is 0 Å². The van der Waals surface area contributed by atoms with Crippen molar-refractivity contribution in [3.63, 3.8) is 0 Å². The summed E-state index contributed by atoms with van der Waals surface area (Å²) in [7, 11) is 0. The summed E-state index contributed by atoms with van der Waals surface area (Å²) < 4.78 is 0. The molecule has 0 aromatic rings. The van der Waals surface area contributed by atoms with Crippen molar-refractivity contribution >= 4 is 5.78 Å². The minimum atomic E-state index is -1.38. The summed E-state index contributed by atoms with van der Waals surface area (Å²) in [6.07, 6.45) is 5.70. The van der Waals surface area contributed by atoms with E-state index in [2.05, 4.69) is 6.58 Å². The van der Waals surface area contributed by atoms with Gasteiger partial charge in [-0.2, -0.15) is 0 Å². The van der Waals surface area contributed by atoms with Crippen molar-refractivity contribution < 1.29 is 9.90 Å². The molecule has 0 aliphatic heterocycles. The average molecular weight is 208 g/mol. The van der Waals surface area contributed by atoms with E-state index in [-0.39, 0.29) is 5.78 Å². The summed E-state index contributed by atoms with van der Waals surface area (Å²) in [6.45, 7) is 9.50. The molecule has 1 rings (SSSR count). The molecule has 2 nitrogen and oxygen atoms in total. The molecule has 0 heterocycles. The van der Waals surface area contributed by atoms with Gasteiger partial charge in [0.15, 0.2) is 11.4 Å². The fourth-order valence-corrected chi connectivity index (χ4v) is 2.36. The molecule has 1 N–H and O–H groups in total. The summed E-state index contributed by atoms with van der Waals surface area (Å²) in [6, 6.07) is 0. The topological polar surface area (TPSA) is 37.3 Å². The minimum absolute atomic E-state index is 0.236.